The van der Waals surface area contributed by atoms with Crippen molar-refractivity contribution in [2.75, 3.05) is 0 Å². The summed E-state index contributed by atoms with van der Waals surface area (Å²) < 4.78 is 2.10. The average molecular weight is 415 g/mol. The molecule has 0 radical (unpaired) electrons. The number of H-pyrrole nitrogens is 1. The van der Waals surface area contributed by atoms with E-state index >= 15 is 0 Å². The van der Waals surface area contributed by atoms with Crippen molar-refractivity contribution < 1.29 is 9.59 Å². The minimum Gasteiger partial charge on any atom is -0.355 e. The molecule has 0 aliphatic heterocycles. The summed E-state index contributed by atoms with van der Waals surface area (Å²) in [6.45, 7) is 11.6. The molecule has 1 saturated carbocycles. The summed E-state index contributed by atoms with van der Waals surface area (Å²) in [5.74, 6) is 1.38. The quantitative estimate of drug-likeness (QED) is 0.372. The molecule has 1 aliphatic carbocycles. The van der Waals surface area contributed by atoms with Gasteiger partial charge < -0.3 is 9.55 Å². The Labute approximate surface area is 176 Å². The summed E-state index contributed by atoms with van der Waals surface area (Å²) >= 11 is 1.42. The van der Waals surface area contributed by atoms with Crippen LogP contribution in [0.1, 0.15) is 89.8 Å². The molecule has 0 unspecified atom stereocenters. The summed E-state index contributed by atoms with van der Waals surface area (Å²) in [5.41, 5.74) is 2.59. The third kappa shape index (κ3) is 4.39. The minimum absolute atomic E-state index is 0.0292. The molecule has 2 heterocycles. The van der Waals surface area contributed by atoms with Crippen LogP contribution in [0, 0.1) is 13.8 Å². The smallest absolute Gasteiger partial charge is 0.192 e. The van der Waals surface area contributed by atoms with Crippen molar-refractivity contribution >= 4 is 23.3 Å². The monoisotopic (exact) mass is 414 g/mol. The summed E-state index contributed by atoms with van der Waals surface area (Å²) in [7, 11) is 0. The number of Topliss-reactive ketones (excluding diaryl/α,β-unsaturated/α-hetero) is 2. The van der Waals surface area contributed by atoms with Crippen LogP contribution >= 0.6 is 11.8 Å². The number of ketones is 2. The van der Waals surface area contributed by atoms with Crippen LogP contribution < -0.4 is 0 Å². The Bertz CT molecular complexity index is 922. The molecule has 0 aromatic carbocycles. The number of nitrogens with zero attached hydrogens (tertiary/aromatic N) is 3. The largest absolute Gasteiger partial charge is 0.355 e. The van der Waals surface area contributed by atoms with E-state index in [1.807, 2.05) is 26.8 Å². The van der Waals surface area contributed by atoms with Gasteiger partial charge in [-0.15, -0.1) is 16.8 Å². The van der Waals surface area contributed by atoms with E-state index in [1.165, 1.54) is 37.9 Å². The van der Waals surface area contributed by atoms with E-state index in [9.17, 15) is 9.59 Å². The second-order valence-electron chi connectivity index (χ2n) is 7.88. The molecule has 0 bridgehead atoms. The van der Waals surface area contributed by atoms with Crippen LogP contribution in [0.15, 0.2) is 17.8 Å². The van der Waals surface area contributed by atoms with E-state index in [0.29, 0.717) is 23.7 Å². The number of hydrogen-bond donors (Lipinski definition) is 1. The average Bonchev–Trinajstić information content (AvgIpc) is 3.22. The lowest BCUT2D eigenvalue weighted by Gasteiger charge is -2.21. The van der Waals surface area contributed by atoms with Gasteiger partial charge in [-0.2, -0.15) is 0 Å². The standard InChI is InChI=1S/C22H30N4O2S/c1-6-12-26-21(17-10-8-7-9-11-17)24-25-22(26)29-16(5)20(28)19-13(2)18(15(4)27)14(3)23-19/h6,16-17,23H,1,7-12H2,2-5H3/t16-/m0/s1. The van der Waals surface area contributed by atoms with Crippen LogP contribution in [0.5, 0.6) is 0 Å². The van der Waals surface area contributed by atoms with E-state index in [0.717, 1.165) is 35.1 Å². The molecule has 0 saturated heterocycles. The number of aromatic amines is 1. The van der Waals surface area contributed by atoms with Gasteiger partial charge in [-0.3, -0.25) is 9.59 Å². The number of aryl methyl sites for hydroxylation is 1. The summed E-state index contributed by atoms with van der Waals surface area (Å²) in [6.07, 6.45) is 7.88. The molecule has 1 atom stereocenters. The van der Waals surface area contributed by atoms with Gasteiger partial charge in [0.15, 0.2) is 16.7 Å². The zero-order valence-corrected chi connectivity index (χ0v) is 18.6. The minimum atomic E-state index is -0.349. The number of rotatable bonds is 8. The van der Waals surface area contributed by atoms with Crippen molar-refractivity contribution in [2.45, 2.75) is 82.7 Å². The van der Waals surface area contributed by atoms with Crippen LogP contribution in [0.4, 0.5) is 0 Å². The molecular weight excluding hydrogens is 384 g/mol. The lowest BCUT2D eigenvalue weighted by atomic mass is 9.89. The number of allylic oxidation sites excluding steroid dienone is 1. The molecule has 1 fully saturated rings. The van der Waals surface area contributed by atoms with Crippen LogP contribution in [0.3, 0.4) is 0 Å². The van der Waals surface area contributed by atoms with Crippen LogP contribution in [-0.2, 0) is 6.54 Å². The third-order valence-electron chi connectivity index (χ3n) is 5.71. The van der Waals surface area contributed by atoms with E-state index < -0.39 is 0 Å². The fraction of sp³-hybridized carbons (Fsp3) is 0.545. The Hall–Kier alpha value is -2.15. The molecule has 1 N–H and O–H groups in total. The molecule has 0 spiro atoms. The third-order valence-corrected chi connectivity index (χ3v) is 6.80. The predicted octanol–water partition coefficient (Wildman–Crippen LogP) is 5.02. The molecule has 2 aromatic heterocycles. The first-order chi connectivity index (χ1) is 13.8. The van der Waals surface area contributed by atoms with E-state index in [1.54, 1.807) is 0 Å². The van der Waals surface area contributed by atoms with Gasteiger partial charge in [-0.25, -0.2) is 0 Å². The maximum Gasteiger partial charge on any atom is 0.192 e. The highest BCUT2D eigenvalue weighted by Gasteiger charge is 2.28. The van der Waals surface area contributed by atoms with E-state index in [4.69, 9.17) is 0 Å². The Morgan fingerprint density at radius 2 is 1.97 bits per heavy atom. The van der Waals surface area contributed by atoms with Crippen LogP contribution in [0.25, 0.3) is 0 Å². The first-order valence-electron chi connectivity index (χ1n) is 10.3. The fourth-order valence-electron chi connectivity index (χ4n) is 4.29. The maximum absolute atomic E-state index is 13.1. The zero-order valence-electron chi connectivity index (χ0n) is 17.7. The molecular formula is C22H30N4O2S. The molecule has 29 heavy (non-hydrogen) atoms. The molecule has 3 rings (SSSR count). The number of hydrogen-bond acceptors (Lipinski definition) is 5. The van der Waals surface area contributed by atoms with Crippen LogP contribution in [0.2, 0.25) is 0 Å². The van der Waals surface area contributed by atoms with Crippen LogP contribution in [-0.4, -0.2) is 36.6 Å². The van der Waals surface area contributed by atoms with Gasteiger partial charge in [-0.1, -0.05) is 37.1 Å². The highest BCUT2D eigenvalue weighted by Crippen LogP contribution is 2.34. The number of thioether (sulfide) groups is 1. The number of aromatic nitrogens is 4. The Morgan fingerprint density at radius 3 is 2.55 bits per heavy atom. The molecule has 1 aliphatic rings. The summed E-state index contributed by atoms with van der Waals surface area (Å²) in [4.78, 5) is 28.1. The molecule has 156 valence electrons. The number of nitrogens with one attached hydrogen (secondary N) is 1. The lowest BCUT2D eigenvalue weighted by molar-refractivity contribution is 0.0988. The van der Waals surface area contributed by atoms with Crippen molar-refractivity contribution in [1.82, 2.24) is 19.7 Å². The first-order valence-corrected chi connectivity index (χ1v) is 11.2. The van der Waals surface area contributed by atoms with Gasteiger partial charge in [-0.05, 0) is 46.1 Å². The molecule has 6 nitrogen and oxygen atoms in total. The number of carbonyl (C=O) groups excluding carboxylic acids is 2. The van der Waals surface area contributed by atoms with Crippen molar-refractivity contribution in [1.29, 1.82) is 0 Å². The predicted molar refractivity (Wildman–Crippen MR) is 116 cm³/mol. The summed E-state index contributed by atoms with van der Waals surface area (Å²) in [5, 5.41) is 9.29. The molecule has 7 heteroatoms. The van der Waals surface area contributed by atoms with E-state index in [2.05, 4.69) is 26.3 Å². The Kier molecular flexibility index (Phi) is 6.77. The van der Waals surface area contributed by atoms with Crippen molar-refractivity contribution in [3.8, 4) is 0 Å². The van der Waals surface area contributed by atoms with Crippen molar-refractivity contribution in [3.05, 3.63) is 41.0 Å². The highest BCUT2D eigenvalue weighted by atomic mass is 32.2. The topological polar surface area (TPSA) is 80.6 Å². The van der Waals surface area contributed by atoms with E-state index in [-0.39, 0.29) is 16.8 Å². The Morgan fingerprint density at radius 1 is 1.28 bits per heavy atom. The van der Waals surface area contributed by atoms with Gasteiger partial charge in [0.25, 0.3) is 0 Å². The summed E-state index contributed by atoms with van der Waals surface area (Å²) in [6, 6.07) is 0. The second-order valence-corrected chi connectivity index (χ2v) is 9.19. The fourth-order valence-corrected chi connectivity index (χ4v) is 5.21. The van der Waals surface area contributed by atoms with Gasteiger partial charge >= 0.3 is 0 Å². The van der Waals surface area contributed by atoms with Crippen molar-refractivity contribution in [2.24, 2.45) is 0 Å². The highest BCUT2D eigenvalue weighted by molar-refractivity contribution is 8.00. The second kappa shape index (κ2) is 9.11. The van der Waals surface area contributed by atoms with Gasteiger partial charge in [0.2, 0.25) is 0 Å². The SMILES string of the molecule is C=CCn1c(S[C@@H](C)C(=O)c2[nH]c(C)c(C(C)=O)c2C)nnc1C1CCCCC1. The molecule has 2 aromatic rings. The first kappa shape index (κ1) is 21.6. The lowest BCUT2D eigenvalue weighted by Crippen LogP contribution is -2.17. The molecule has 0 amide bonds. The Balaban J connectivity index is 1.83. The zero-order chi connectivity index (χ0) is 21.1. The number of carbonyl (C=O) groups is 2. The van der Waals surface area contributed by atoms with Crippen molar-refractivity contribution in [3.63, 3.8) is 0 Å². The van der Waals surface area contributed by atoms with Gasteiger partial charge in [0.1, 0.15) is 5.82 Å². The normalized spacial score (nSPS) is 16.0. The van der Waals surface area contributed by atoms with Gasteiger partial charge in [0, 0.05) is 23.7 Å². The maximum atomic E-state index is 13.1. The van der Waals surface area contributed by atoms with Gasteiger partial charge in [0.05, 0.1) is 10.9 Å².